The van der Waals surface area contributed by atoms with E-state index >= 15 is 0 Å². The zero-order valence-corrected chi connectivity index (χ0v) is 12.9. The van der Waals surface area contributed by atoms with E-state index in [-0.39, 0.29) is 6.04 Å². The first-order valence-corrected chi connectivity index (χ1v) is 8.12. The quantitative estimate of drug-likeness (QED) is 0.727. The van der Waals surface area contributed by atoms with E-state index in [4.69, 9.17) is 0 Å². The van der Waals surface area contributed by atoms with Crippen molar-refractivity contribution in [2.75, 3.05) is 0 Å². The predicted octanol–water partition coefficient (Wildman–Crippen LogP) is 2.89. The lowest BCUT2D eigenvalue weighted by Gasteiger charge is -2.13. The fraction of sp³-hybridized carbons (Fsp3) is 0.412. The van der Waals surface area contributed by atoms with Crippen LogP contribution in [0.4, 0.5) is 0 Å². The third-order valence-electron chi connectivity index (χ3n) is 4.88. The molecule has 23 heavy (non-hydrogen) atoms. The summed E-state index contributed by atoms with van der Waals surface area (Å²) in [7, 11) is 0. The van der Waals surface area contributed by atoms with Crippen molar-refractivity contribution in [1.29, 1.82) is 5.26 Å². The molecule has 3 heterocycles. The van der Waals surface area contributed by atoms with Crippen LogP contribution in [0.25, 0.3) is 22.3 Å². The molecule has 6 heteroatoms. The van der Waals surface area contributed by atoms with Gasteiger partial charge in [0.1, 0.15) is 12.0 Å². The number of hydrogen-bond acceptors (Lipinski definition) is 3. The Hall–Kier alpha value is -2.68. The second-order valence-electron chi connectivity index (χ2n) is 6.20. The summed E-state index contributed by atoms with van der Waals surface area (Å²) in [5.41, 5.74) is 2.78. The van der Waals surface area contributed by atoms with Crippen LogP contribution < -0.4 is 4.68 Å². The summed E-state index contributed by atoms with van der Waals surface area (Å²) in [4.78, 5) is 11.8. The van der Waals surface area contributed by atoms with Gasteiger partial charge >= 0.3 is 0 Å². The molecule has 0 amide bonds. The van der Waals surface area contributed by atoms with Gasteiger partial charge in [0, 0.05) is 17.5 Å². The largest absolute Gasteiger partial charge is 0.346 e. The van der Waals surface area contributed by atoms with Crippen LogP contribution in [-0.4, -0.2) is 20.1 Å². The fourth-order valence-corrected chi connectivity index (χ4v) is 3.72. The smallest absolute Gasteiger partial charge is 0.205 e. The van der Waals surface area contributed by atoms with Gasteiger partial charge in [0.05, 0.1) is 29.9 Å². The number of rotatable bonds is 4. The normalized spacial score (nSPS) is 16.7. The molecule has 0 spiro atoms. The minimum atomic E-state index is 0.222. The van der Waals surface area contributed by atoms with Gasteiger partial charge in [0.2, 0.25) is 6.20 Å². The minimum absolute atomic E-state index is 0.222. The van der Waals surface area contributed by atoms with Gasteiger partial charge in [-0.05, 0) is 18.9 Å². The Morgan fingerprint density at radius 2 is 2.22 bits per heavy atom. The van der Waals surface area contributed by atoms with E-state index in [1.54, 1.807) is 6.33 Å². The molecule has 1 aliphatic rings. The molecule has 3 aromatic rings. The van der Waals surface area contributed by atoms with E-state index in [9.17, 15) is 5.26 Å². The van der Waals surface area contributed by atoms with Gasteiger partial charge in [0.25, 0.3) is 0 Å². The van der Waals surface area contributed by atoms with Crippen molar-refractivity contribution >= 4 is 11.0 Å². The van der Waals surface area contributed by atoms with Crippen molar-refractivity contribution < 1.29 is 4.68 Å². The topological polar surface area (TPSA) is 85.0 Å². The van der Waals surface area contributed by atoms with Crippen LogP contribution in [0, 0.1) is 17.2 Å². The van der Waals surface area contributed by atoms with Crippen LogP contribution in [0.15, 0.2) is 31.0 Å². The van der Waals surface area contributed by atoms with Crippen LogP contribution in [0.1, 0.15) is 38.1 Å². The molecule has 0 bridgehead atoms. The lowest BCUT2D eigenvalue weighted by atomic mass is 9.96. The molecule has 4 rings (SSSR count). The monoisotopic (exact) mass is 307 g/mol. The average Bonchev–Trinajstić information content (AvgIpc) is 3.32. The van der Waals surface area contributed by atoms with E-state index in [1.165, 1.54) is 25.7 Å². The van der Waals surface area contributed by atoms with E-state index in [0.29, 0.717) is 12.3 Å². The molecule has 0 saturated heterocycles. The Kier molecular flexibility index (Phi) is 3.54. The van der Waals surface area contributed by atoms with E-state index in [1.807, 2.05) is 18.5 Å². The number of nitrogens with one attached hydrogen (secondary N) is 2. The Morgan fingerprint density at radius 3 is 3.04 bits per heavy atom. The minimum Gasteiger partial charge on any atom is -0.346 e. The second-order valence-corrected chi connectivity index (χ2v) is 6.20. The molecule has 0 aromatic carbocycles. The van der Waals surface area contributed by atoms with Gasteiger partial charge in [-0.2, -0.15) is 10.4 Å². The van der Waals surface area contributed by atoms with E-state index in [2.05, 4.69) is 37.0 Å². The SMILES string of the molecule is N#CCC(C1CCCC1)[n+]1cc(-c2ncnc3[nH]ccc23)c[nH]1. The molecule has 0 aliphatic heterocycles. The van der Waals surface area contributed by atoms with Crippen molar-refractivity contribution in [3.8, 4) is 17.3 Å². The van der Waals surface area contributed by atoms with Crippen molar-refractivity contribution in [2.24, 2.45) is 5.92 Å². The standard InChI is InChI=1S/C17H18N6/c18-7-5-15(12-3-1-2-4-12)23-10-13(9-22-23)16-14-6-8-19-17(14)21-11-20-16/h6,8-12,15H,1-5H2,(H,19,20,21)/p+1. The number of H-pyrrole nitrogens is 2. The summed E-state index contributed by atoms with van der Waals surface area (Å²) in [6, 6.07) is 4.56. The Bertz CT molecular complexity index is 849. The van der Waals surface area contributed by atoms with Crippen molar-refractivity contribution in [3.05, 3.63) is 31.0 Å². The first-order chi connectivity index (χ1) is 11.4. The van der Waals surface area contributed by atoms with Gasteiger partial charge < -0.3 is 4.98 Å². The molecular weight excluding hydrogens is 288 g/mol. The number of hydrogen-bond donors (Lipinski definition) is 2. The summed E-state index contributed by atoms with van der Waals surface area (Å²) >= 11 is 0. The molecule has 1 aliphatic carbocycles. The third kappa shape index (κ3) is 2.48. The maximum Gasteiger partial charge on any atom is 0.205 e. The van der Waals surface area contributed by atoms with Gasteiger partial charge in [-0.15, -0.1) is 4.68 Å². The number of nitrogens with zero attached hydrogens (tertiary/aromatic N) is 4. The number of fused-ring (bicyclic) bond motifs is 1. The highest BCUT2D eigenvalue weighted by Crippen LogP contribution is 2.33. The van der Waals surface area contributed by atoms with Crippen LogP contribution >= 0.6 is 0 Å². The highest BCUT2D eigenvalue weighted by Gasteiger charge is 2.33. The highest BCUT2D eigenvalue weighted by molar-refractivity contribution is 5.89. The molecule has 116 valence electrons. The lowest BCUT2D eigenvalue weighted by Crippen LogP contribution is -2.44. The Labute approximate surface area is 134 Å². The summed E-state index contributed by atoms with van der Waals surface area (Å²) in [6.07, 6.45) is 13.0. The summed E-state index contributed by atoms with van der Waals surface area (Å²) in [5, 5.41) is 13.5. The molecular formula is C17H19N6+. The molecule has 0 radical (unpaired) electrons. The Balaban J connectivity index is 1.70. The number of aromatic nitrogens is 5. The highest BCUT2D eigenvalue weighted by atomic mass is 15.3. The molecule has 1 unspecified atom stereocenters. The van der Waals surface area contributed by atoms with Gasteiger partial charge in [-0.3, -0.25) is 0 Å². The van der Waals surface area contributed by atoms with Gasteiger partial charge in [-0.25, -0.2) is 9.97 Å². The molecule has 1 saturated carbocycles. The van der Waals surface area contributed by atoms with E-state index < -0.39 is 0 Å². The fourth-order valence-electron chi connectivity index (χ4n) is 3.72. The molecule has 1 atom stereocenters. The second kappa shape index (κ2) is 5.84. The summed E-state index contributed by atoms with van der Waals surface area (Å²) in [5.74, 6) is 0.587. The molecule has 1 fully saturated rings. The molecule has 2 N–H and O–H groups in total. The van der Waals surface area contributed by atoms with Crippen LogP contribution in [0.3, 0.4) is 0 Å². The first-order valence-electron chi connectivity index (χ1n) is 8.12. The van der Waals surface area contributed by atoms with Crippen LogP contribution in [0.5, 0.6) is 0 Å². The maximum atomic E-state index is 9.19. The number of nitriles is 1. The Morgan fingerprint density at radius 1 is 1.35 bits per heavy atom. The van der Waals surface area contributed by atoms with Gasteiger partial charge in [0.15, 0.2) is 6.04 Å². The molecule has 3 aromatic heterocycles. The van der Waals surface area contributed by atoms with E-state index in [0.717, 1.165) is 22.3 Å². The van der Waals surface area contributed by atoms with Crippen LogP contribution in [0.2, 0.25) is 0 Å². The molecule has 6 nitrogen and oxygen atoms in total. The summed E-state index contributed by atoms with van der Waals surface area (Å²) in [6.45, 7) is 0. The first kappa shape index (κ1) is 13.9. The van der Waals surface area contributed by atoms with Gasteiger partial charge in [-0.1, -0.05) is 12.8 Å². The van der Waals surface area contributed by atoms with Crippen LogP contribution in [-0.2, 0) is 0 Å². The van der Waals surface area contributed by atoms with Crippen molar-refractivity contribution in [1.82, 2.24) is 20.1 Å². The number of aromatic amines is 2. The van der Waals surface area contributed by atoms with Crippen molar-refractivity contribution in [2.45, 2.75) is 38.1 Å². The maximum absolute atomic E-state index is 9.19. The third-order valence-corrected chi connectivity index (χ3v) is 4.88. The zero-order chi connectivity index (χ0) is 15.6. The average molecular weight is 307 g/mol. The predicted molar refractivity (Wildman–Crippen MR) is 85.1 cm³/mol. The van der Waals surface area contributed by atoms with Crippen molar-refractivity contribution in [3.63, 3.8) is 0 Å². The summed E-state index contributed by atoms with van der Waals surface area (Å²) < 4.78 is 2.09. The zero-order valence-electron chi connectivity index (χ0n) is 12.9. The lowest BCUT2D eigenvalue weighted by molar-refractivity contribution is -0.779.